The van der Waals surface area contributed by atoms with Crippen molar-refractivity contribution in [3.05, 3.63) is 0 Å². The standard InChI is InChI=1S/C17H28O3/c1-4-14(11(2)3)15(18)20-17-8-12-5-13(9-17)7-16(19,6-12)10-17/h11-14,19H,4-10H2,1-3H3. The number of carbonyl (C=O) groups excluding carboxylic acids is 1. The van der Waals surface area contributed by atoms with Crippen molar-refractivity contribution >= 4 is 5.97 Å². The van der Waals surface area contributed by atoms with Crippen molar-refractivity contribution in [3.8, 4) is 0 Å². The number of ether oxygens (including phenoxy) is 1. The highest BCUT2D eigenvalue weighted by molar-refractivity contribution is 5.73. The number of hydrogen-bond acceptors (Lipinski definition) is 3. The van der Waals surface area contributed by atoms with Gasteiger partial charge in [-0.1, -0.05) is 20.8 Å². The minimum Gasteiger partial charge on any atom is -0.459 e. The van der Waals surface area contributed by atoms with Crippen molar-refractivity contribution in [2.75, 3.05) is 0 Å². The van der Waals surface area contributed by atoms with Crippen LogP contribution in [-0.4, -0.2) is 22.3 Å². The minimum absolute atomic E-state index is 0.00218. The fraction of sp³-hybridized carbons (Fsp3) is 0.941. The van der Waals surface area contributed by atoms with Gasteiger partial charge in [-0.15, -0.1) is 0 Å². The number of rotatable bonds is 4. The average molecular weight is 280 g/mol. The topological polar surface area (TPSA) is 46.5 Å². The summed E-state index contributed by atoms with van der Waals surface area (Å²) >= 11 is 0. The first-order valence-electron chi connectivity index (χ1n) is 8.30. The van der Waals surface area contributed by atoms with E-state index in [1.807, 2.05) is 0 Å². The Hall–Kier alpha value is -0.570. The number of aliphatic hydroxyl groups is 1. The van der Waals surface area contributed by atoms with E-state index in [0.717, 1.165) is 32.1 Å². The predicted molar refractivity (Wildman–Crippen MR) is 77.1 cm³/mol. The van der Waals surface area contributed by atoms with Gasteiger partial charge in [-0.25, -0.2) is 0 Å². The maximum Gasteiger partial charge on any atom is 0.309 e. The SMILES string of the molecule is CCC(C(=O)OC12CC3CC(CC(O)(C3)C1)C2)C(C)C. The Kier molecular flexibility index (Phi) is 3.39. The predicted octanol–water partition coefficient (Wildman–Crippen LogP) is 3.30. The van der Waals surface area contributed by atoms with Crippen molar-refractivity contribution in [1.29, 1.82) is 0 Å². The molecule has 3 atom stereocenters. The molecule has 0 heterocycles. The second kappa shape index (κ2) is 4.72. The van der Waals surface area contributed by atoms with Gasteiger partial charge in [-0.05, 0) is 56.3 Å². The van der Waals surface area contributed by atoms with Crippen LogP contribution in [0.5, 0.6) is 0 Å². The van der Waals surface area contributed by atoms with Crippen molar-refractivity contribution in [2.45, 2.75) is 76.9 Å². The van der Waals surface area contributed by atoms with E-state index in [-0.39, 0.29) is 17.5 Å². The van der Waals surface area contributed by atoms with Gasteiger partial charge in [0.2, 0.25) is 0 Å². The van der Waals surface area contributed by atoms with E-state index in [1.54, 1.807) is 0 Å². The van der Waals surface area contributed by atoms with E-state index in [1.165, 1.54) is 6.42 Å². The third kappa shape index (κ3) is 2.38. The molecule has 4 aliphatic carbocycles. The Labute approximate surface area is 122 Å². The zero-order chi connectivity index (χ0) is 14.5. The summed E-state index contributed by atoms with van der Waals surface area (Å²) in [5.41, 5.74) is -0.901. The van der Waals surface area contributed by atoms with Gasteiger partial charge in [0.25, 0.3) is 0 Å². The summed E-state index contributed by atoms with van der Waals surface area (Å²) in [5, 5.41) is 10.7. The minimum atomic E-state index is -0.552. The van der Waals surface area contributed by atoms with Crippen molar-refractivity contribution in [3.63, 3.8) is 0 Å². The van der Waals surface area contributed by atoms with Gasteiger partial charge in [-0.3, -0.25) is 4.79 Å². The van der Waals surface area contributed by atoms with E-state index in [2.05, 4.69) is 20.8 Å². The van der Waals surface area contributed by atoms with Crippen molar-refractivity contribution < 1.29 is 14.6 Å². The molecule has 4 bridgehead atoms. The zero-order valence-electron chi connectivity index (χ0n) is 13.0. The van der Waals surface area contributed by atoms with Gasteiger partial charge in [0.1, 0.15) is 5.60 Å². The fourth-order valence-electron chi connectivity index (χ4n) is 5.45. The summed E-state index contributed by atoms with van der Waals surface area (Å²) in [6, 6.07) is 0. The van der Waals surface area contributed by atoms with E-state index < -0.39 is 5.60 Å². The molecule has 0 saturated heterocycles. The Balaban J connectivity index is 1.75. The molecule has 4 rings (SSSR count). The third-order valence-electron chi connectivity index (χ3n) is 5.84. The normalized spacial score (nSPS) is 43.9. The first-order valence-corrected chi connectivity index (χ1v) is 8.30. The van der Waals surface area contributed by atoms with E-state index >= 15 is 0 Å². The molecular weight excluding hydrogens is 252 g/mol. The molecule has 1 N–H and O–H groups in total. The Morgan fingerprint density at radius 3 is 2.30 bits per heavy atom. The first-order chi connectivity index (χ1) is 9.35. The van der Waals surface area contributed by atoms with Gasteiger partial charge in [0.05, 0.1) is 11.5 Å². The molecule has 3 nitrogen and oxygen atoms in total. The molecule has 0 radical (unpaired) electrons. The molecule has 0 amide bonds. The highest BCUT2D eigenvalue weighted by atomic mass is 16.6. The fourth-order valence-corrected chi connectivity index (χ4v) is 5.45. The molecule has 0 aromatic rings. The van der Waals surface area contributed by atoms with Gasteiger partial charge < -0.3 is 9.84 Å². The largest absolute Gasteiger partial charge is 0.459 e. The van der Waals surface area contributed by atoms with Gasteiger partial charge in [-0.2, -0.15) is 0 Å². The lowest BCUT2D eigenvalue weighted by Crippen LogP contribution is -2.60. The molecule has 0 aromatic heterocycles. The lowest BCUT2D eigenvalue weighted by Gasteiger charge is -2.59. The van der Waals surface area contributed by atoms with Crippen molar-refractivity contribution in [1.82, 2.24) is 0 Å². The van der Waals surface area contributed by atoms with Crippen LogP contribution in [0.4, 0.5) is 0 Å². The quantitative estimate of drug-likeness (QED) is 0.804. The van der Waals surface area contributed by atoms with Crippen LogP contribution in [-0.2, 0) is 9.53 Å². The third-order valence-corrected chi connectivity index (χ3v) is 5.84. The van der Waals surface area contributed by atoms with Gasteiger partial charge >= 0.3 is 5.97 Å². The molecule has 4 aliphatic rings. The summed E-state index contributed by atoms with van der Waals surface area (Å²) < 4.78 is 6.03. The van der Waals surface area contributed by atoms with E-state index in [0.29, 0.717) is 24.2 Å². The Morgan fingerprint density at radius 1 is 1.25 bits per heavy atom. The molecule has 20 heavy (non-hydrogen) atoms. The Bertz CT molecular complexity index is 387. The molecule has 3 unspecified atom stereocenters. The maximum atomic E-state index is 12.5. The molecule has 4 saturated carbocycles. The second-order valence-corrected chi connectivity index (χ2v) is 8.05. The zero-order valence-corrected chi connectivity index (χ0v) is 13.0. The summed E-state index contributed by atoms with van der Waals surface area (Å²) in [6.45, 7) is 6.23. The summed E-state index contributed by atoms with van der Waals surface area (Å²) in [6.07, 6.45) is 6.53. The van der Waals surface area contributed by atoms with Crippen LogP contribution in [0, 0.1) is 23.7 Å². The van der Waals surface area contributed by atoms with Crippen LogP contribution >= 0.6 is 0 Å². The summed E-state index contributed by atoms with van der Waals surface area (Å²) in [5.74, 6) is 1.41. The maximum absolute atomic E-state index is 12.5. The number of esters is 1. The van der Waals surface area contributed by atoms with Gasteiger partial charge in [0.15, 0.2) is 0 Å². The van der Waals surface area contributed by atoms with Crippen LogP contribution in [0.15, 0.2) is 0 Å². The van der Waals surface area contributed by atoms with Crippen LogP contribution in [0.25, 0.3) is 0 Å². The molecule has 0 aliphatic heterocycles. The monoisotopic (exact) mass is 280 g/mol. The van der Waals surface area contributed by atoms with Crippen LogP contribution in [0.3, 0.4) is 0 Å². The number of carbonyl (C=O) groups is 1. The molecule has 114 valence electrons. The van der Waals surface area contributed by atoms with Crippen LogP contribution in [0.1, 0.15) is 65.7 Å². The van der Waals surface area contributed by atoms with Gasteiger partial charge in [0, 0.05) is 6.42 Å². The highest BCUT2D eigenvalue weighted by Gasteiger charge is 2.59. The molecule has 0 aromatic carbocycles. The first kappa shape index (κ1) is 14.4. The second-order valence-electron chi connectivity index (χ2n) is 8.05. The molecular formula is C17H28O3. The summed E-state index contributed by atoms with van der Waals surface area (Å²) in [7, 11) is 0. The van der Waals surface area contributed by atoms with E-state index in [9.17, 15) is 9.90 Å². The lowest BCUT2D eigenvalue weighted by molar-refractivity contribution is -0.223. The van der Waals surface area contributed by atoms with Crippen molar-refractivity contribution in [2.24, 2.45) is 23.7 Å². The lowest BCUT2D eigenvalue weighted by atomic mass is 9.52. The molecule has 0 spiro atoms. The van der Waals surface area contributed by atoms with Crippen LogP contribution < -0.4 is 0 Å². The molecule has 4 fully saturated rings. The van der Waals surface area contributed by atoms with E-state index in [4.69, 9.17) is 4.74 Å². The number of hydrogen-bond donors (Lipinski definition) is 1. The molecule has 3 heteroatoms. The average Bonchev–Trinajstić information content (AvgIpc) is 2.24. The highest BCUT2D eigenvalue weighted by Crippen LogP contribution is 2.59. The smallest absolute Gasteiger partial charge is 0.309 e. The Morgan fingerprint density at radius 2 is 1.85 bits per heavy atom. The van der Waals surface area contributed by atoms with Crippen LogP contribution in [0.2, 0.25) is 0 Å². The summed E-state index contributed by atoms with van der Waals surface area (Å²) in [4.78, 5) is 12.5.